The molecule has 6 heteroatoms. The maximum atomic E-state index is 12.6. The summed E-state index contributed by atoms with van der Waals surface area (Å²) in [4.78, 5) is 2.64. The van der Waals surface area contributed by atoms with Crippen molar-refractivity contribution in [1.29, 1.82) is 0 Å². The van der Waals surface area contributed by atoms with Gasteiger partial charge < -0.3 is 4.42 Å². The second-order valence-corrected chi connectivity index (χ2v) is 8.42. The Morgan fingerprint density at radius 1 is 1.12 bits per heavy atom. The SMILES string of the molecule is Cc1cccc(S(=O)(=O)NCC(c2ccco2)N2CCCCCC2)c1. The number of likely N-dealkylation sites (tertiary alicyclic amines) is 1. The van der Waals surface area contributed by atoms with E-state index in [-0.39, 0.29) is 6.04 Å². The van der Waals surface area contributed by atoms with Gasteiger partial charge in [0.1, 0.15) is 5.76 Å². The van der Waals surface area contributed by atoms with E-state index in [4.69, 9.17) is 4.42 Å². The molecular weight excluding hydrogens is 336 g/mol. The molecule has 1 aromatic heterocycles. The summed E-state index contributed by atoms with van der Waals surface area (Å²) in [7, 11) is -3.54. The highest BCUT2D eigenvalue weighted by atomic mass is 32.2. The highest BCUT2D eigenvalue weighted by molar-refractivity contribution is 7.89. The number of sulfonamides is 1. The minimum Gasteiger partial charge on any atom is -0.468 e. The third-order valence-corrected chi connectivity index (χ3v) is 6.14. The number of benzene rings is 1. The predicted molar refractivity (Wildman–Crippen MR) is 97.9 cm³/mol. The van der Waals surface area contributed by atoms with Crippen LogP contribution in [0.15, 0.2) is 52.0 Å². The van der Waals surface area contributed by atoms with Crippen molar-refractivity contribution in [3.05, 3.63) is 54.0 Å². The van der Waals surface area contributed by atoms with Gasteiger partial charge in [0.15, 0.2) is 0 Å². The van der Waals surface area contributed by atoms with Gasteiger partial charge in [-0.1, -0.05) is 25.0 Å². The van der Waals surface area contributed by atoms with Gasteiger partial charge in [-0.3, -0.25) is 4.90 Å². The summed E-state index contributed by atoms with van der Waals surface area (Å²) < 4.78 is 33.7. The first-order chi connectivity index (χ1) is 12.1. The molecule has 1 fully saturated rings. The molecule has 0 radical (unpaired) electrons. The lowest BCUT2D eigenvalue weighted by Gasteiger charge is -2.29. The van der Waals surface area contributed by atoms with E-state index < -0.39 is 10.0 Å². The fraction of sp³-hybridized carbons (Fsp3) is 0.474. The normalized spacial score (nSPS) is 18.0. The lowest BCUT2D eigenvalue weighted by Crippen LogP contribution is -2.38. The quantitative estimate of drug-likeness (QED) is 0.854. The molecule has 0 spiro atoms. The van der Waals surface area contributed by atoms with Crippen LogP contribution in [-0.4, -0.2) is 33.0 Å². The lowest BCUT2D eigenvalue weighted by molar-refractivity contribution is 0.182. The van der Waals surface area contributed by atoms with Crippen LogP contribution < -0.4 is 4.72 Å². The van der Waals surface area contributed by atoms with E-state index in [1.807, 2.05) is 25.1 Å². The Hall–Kier alpha value is -1.63. The Balaban J connectivity index is 1.76. The molecule has 25 heavy (non-hydrogen) atoms. The van der Waals surface area contributed by atoms with Crippen molar-refractivity contribution in [2.75, 3.05) is 19.6 Å². The first kappa shape index (κ1) is 18.2. The molecule has 0 aliphatic carbocycles. The molecule has 136 valence electrons. The smallest absolute Gasteiger partial charge is 0.240 e. The van der Waals surface area contributed by atoms with Crippen molar-refractivity contribution in [2.24, 2.45) is 0 Å². The largest absolute Gasteiger partial charge is 0.468 e. The molecule has 5 nitrogen and oxygen atoms in total. The fourth-order valence-corrected chi connectivity index (χ4v) is 4.49. The van der Waals surface area contributed by atoms with Gasteiger partial charge >= 0.3 is 0 Å². The highest BCUT2D eigenvalue weighted by Gasteiger charge is 2.26. The zero-order valence-corrected chi connectivity index (χ0v) is 15.5. The van der Waals surface area contributed by atoms with Crippen LogP contribution in [0, 0.1) is 6.92 Å². The second kappa shape index (κ2) is 8.17. The number of aryl methyl sites for hydroxylation is 1. The van der Waals surface area contributed by atoms with Crippen molar-refractivity contribution >= 4 is 10.0 Å². The third kappa shape index (κ3) is 4.71. The topological polar surface area (TPSA) is 62.6 Å². The van der Waals surface area contributed by atoms with E-state index in [1.54, 1.807) is 24.5 Å². The number of hydrogen-bond acceptors (Lipinski definition) is 4. The van der Waals surface area contributed by atoms with Crippen molar-refractivity contribution in [3.8, 4) is 0 Å². The zero-order valence-electron chi connectivity index (χ0n) is 14.6. The molecule has 1 atom stereocenters. The Bertz CT molecular complexity index is 764. The maximum Gasteiger partial charge on any atom is 0.240 e. The number of rotatable bonds is 6. The molecule has 0 bridgehead atoms. The summed E-state index contributed by atoms with van der Waals surface area (Å²) in [6.45, 7) is 4.14. The Kier molecular flexibility index (Phi) is 5.93. The molecule has 1 saturated heterocycles. The molecule has 1 aliphatic rings. The molecule has 0 amide bonds. The monoisotopic (exact) mass is 362 g/mol. The van der Waals surface area contributed by atoms with E-state index in [1.165, 1.54) is 12.8 Å². The van der Waals surface area contributed by atoms with Crippen LogP contribution in [0.25, 0.3) is 0 Å². The van der Waals surface area contributed by atoms with Crippen LogP contribution in [0.1, 0.15) is 43.0 Å². The van der Waals surface area contributed by atoms with Crippen LogP contribution in [0.4, 0.5) is 0 Å². The van der Waals surface area contributed by atoms with Gasteiger partial charge in [0, 0.05) is 6.54 Å². The van der Waals surface area contributed by atoms with Crippen LogP contribution in [-0.2, 0) is 10.0 Å². The standard InChI is InChI=1S/C19H26N2O3S/c1-16-8-6-9-17(14-16)25(22,23)20-15-18(19-10-7-13-24-19)21-11-4-2-3-5-12-21/h6-10,13-14,18,20H,2-5,11-12,15H2,1H3. The van der Waals surface area contributed by atoms with Crippen molar-refractivity contribution in [1.82, 2.24) is 9.62 Å². The minimum atomic E-state index is -3.54. The number of nitrogens with zero attached hydrogens (tertiary/aromatic N) is 1. The van der Waals surface area contributed by atoms with Crippen molar-refractivity contribution in [2.45, 2.75) is 43.5 Å². The van der Waals surface area contributed by atoms with Gasteiger partial charge in [-0.2, -0.15) is 0 Å². The van der Waals surface area contributed by atoms with Gasteiger partial charge in [0.2, 0.25) is 10.0 Å². The van der Waals surface area contributed by atoms with E-state index in [9.17, 15) is 8.42 Å². The third-order valence-electron chi connectivity index (χ3n) is 4.72. The van der Waals surface area contributed by atoms with E-state index in [0.717, 1.165) is 37.3 Å². The maximum absolute atomic E-state index is 12.6. The molecule has 1 aliphatic heterocycles. The highest BCUT2D eigenvalue weighted by Crippen LogP contribution is 2.25. The summed E-state index contributed by atoms with van der Waals surface area (Å²) in [6.07, 6.45) is 6.39. The Morgan fingerprint density at radius 3 is 2.52 bits per heavy atom. The van der Waals surface area contributed by atoms with Gasteiger partial charge in [-0.25, -0.2) is 13.1 Å². The van der Waals surface area contributed by atoms with Gasteiger partial charge in [-0.15, -0.1) is 0 Å². The average molecular weight is 362 g/mol. The molecule has 2 aromatic rings. The summed E-state index contributed by atoms with van der Waals surface area (Å²) in [5.41, 5.74) is 0.929. The molecule has 3 rings (SSSR count). The predicted octanol–water partition coefficient (Wildman–Crippen LogP) is 3.48. The van der Waals surface area contributed by atoms with Crippen LogP contribution in [0.3, 0.4) is 0 Å². The fourth-order valence-electron chi connectivity index (χ4n) is 3.35. The Morgan fingerprint density at radius 2 is 1.88 bits per heavy atom. The summed E-state index contributed by atoms with van der Waals surface area (Å²) in [6, 6.07) is 10.7. The van der Waals surface area contributed by atoms with E-state index in [2.05, 4.69) is 9.62 Å². The Labute approximate surface area is 150 Å². The van der Waals surface area contributed by atoms with Crippen LogP contribution >= 0.6 is 0 Å². The number of hydrogen-bond donors (Lipinski definition) is 1. The van der Waals surface area contributed by atoms with Gasteiger partial charge in [-0.05, 0) is 62.7 Å². The zero-order chi connectivity index (χ0) is 17.7. The minimum absolute atomic E-state index is 0.0762. The molecular formula is C19H26N2O3S. The molecule has 1 aromatic carbocycles. The summed E-state index contributed by atoms with van der Waals surface area (Å²) in [5.74, 6) is 0.814. The first-order valence-electron chi connectivity index (χ1n) is 8.90. The summed E-state index contributed by atoms with van der Waals surface area (Å²) >= 11 is 0. The molecule has 2 heterocycles. The molecule has 1 N–H and O–H groups in total. The van der Waals surface area contributed by atoms with Crippen LogP contribution in [0.5, 0.6) is 0 Å². The van der Waals surface area contributed by atoms with Crippen molar-refractivity contribution < 1.29 is 12.8 Å². The average Bonchev–Trinajstić information content (AvgIpc) is 2.98. The number of nitrogens with one attached hydrogen (secondary N) is 1. The van der Waals surface area contributed by atoms with E-state index >= 15 is 0 Å². The van der Waals surface area contributed by atoms with E-state index in [0.29, 0.717) is 11.4 Å². The second-order valence-electron chi connectivity index (χ2n) is 6.65. The van der Waals surface area contributed by atoms with Gasteiger partial charge in [0.25, 0.3) is 0 Å². The summed E-state index contributed by atoms with van der Waals surface area (Å²) in [5, 5.41) is 0. The lowest BCUT2D eigenvalue weighted by atomic mass is 10.2. The number of furan rings is 1. The molecule has 1 unspecified atom stereocenters. The first-order valence-corrected chi connectivity index (χ1v) is 10.4. The molecule has 0 saturated carbocycles. The van der Waals surface area contributed by atoms with Gasteiger partial charge in [0.05, 0.1) is 17.2 Å². The van der Waals surface area contributed by atoms with Crippen LogP contribution in [0.2, 0.25) is 0 Å². The van der Waals surface area contributed by atoms with Crippen molar-refractivity contribution in [3.63, 3.8) is 0 Å².